The molecule has 0 saturated carbocycles. The number of hydrogen-bond acceptors (Lipinski definition) is 3. The third kappa shape index (κ3) is 3.10. The molecule has 2 aliphatic heterocycles. The highest BCUT2D eigenvalue weighted by Gasteiger charge is 2.46. The normalized spacial score (nSPS) is 24.6. The van der Waals surface area contributed by atoms with Gasteiger partial charge in [-0.05, 0) is 46.5 Å². The highest BCUT2D eigenvalue weighted by atomic mass is 127. The fourth-order valence-electron chi connectivity index (χ4n) is 2.96. The molecule has 0 atom stereocenters. The molecule has 2 aliphatic rings. The molecule has 0 radical (unpaired) electrons. The fourth-order valence-corrected chi connectivity index (χ4v) is 3.44. The van der Waals surface area contributed by atoms with Crippen molar-refractivity contribution >= 4 is 29.0 Å². The number of halogens is 1. The van der Waals surface area contributed by atoms with Crippen molar-refractivity contribution in [2.75, 3.05) is 19.6 Å². The summed E-state index contributed by atoms with van der Waals surface area (Å²) in [5, 5.41) is 0. The molecule has 0 unspecified atom stereocenters. The smallest absolute Gasteiger partial charge is 0.410 e. The summed E-state index contributed by atoms with van der Waals surface area (Å²) in [5.74, 6) is 0. The molecule has 0 aromatic carbocycles. The topological polar surface area (TPSA) is 32.8 Å². The van der Waals surface area contributed by atoms with E-state index in [1.807, 2.05) is 25.7 Å². The van der Waals surface area contributed by atoms with E-state index in [2.05, 4.69) is 26.0 Å². The van der Waals surface area contributed by atoms with Crippen molar-refractivity contribution in [1.29, 1.82) is 0 Å². The summed E-state index contributed by atoms with van der Waals surface area (Å²) in [6.45, 7) is 8.79. The van der Waals surface area contributed by atoms with Crippen molar-refractivity contribution in [3.63, 3.8) is 0 Å². The van der Waals surface area contributed by atoms with Crippen LogP contribution in [0.1, 0.15) is 46.5 Å². The van der Waals surface area contributed by atoms with Gasteiger partial charge in [0.25, 0.3) is 0 Å². The maximum atomic E-state index is 12.3. The molecule has 1 amide bonds. The molecular weight excluding hydrogens is 343 g/mol. The molecule has 0 aromatic rings. The van der Waals surface area contributed by atoms with E-state index in [0.29, 0.717) is 0 Å². The zero-order valence-corrected chi connectivity index (χ0v) is 13.7. The van der Waals surface area contributed by atoms with Gasteiger partial charge in [0.05, 0.1) is 0 Å². The molecule has 1 spiro atoms. The molecule has 0 aromatic heterocycles. The first kappa shape index (κ1) is 14.4. The molecule has 104 valence electrons. The third-order valence-electron chi connectivity index (χ3n) is 3.85. The van der Waals surface area contributed by atoms with E-state index in [0.717, 1.165) is 45.3 Å². The van der Waals surface area contributed by atoms with Crippen LogP contribution in [-0.2, 0) is 4.74 Å². The summed E-state index contributed by atoms with van der Waals surface area (Å²) in [6.07, 6.45) is 4.28. The van der Waals surface area contributed by atoms with E-state index in [4.69, 9.17) is 4.74 Å². The molecule has 5 heteroatoms. The van der Waals surface area contributed by atoms with E-state index in [1.54, 1.807) is 0 Å². The van der Waals surface area contributed by atoms with Crippen LogP contribution in [0.25, 0.3) is 0 Å². The Labute approximate surface area is 124 Å². The van der Waals surface area contributed by atoms with Gasteiger partial charge in [0.1, 0.15) is 5.60 Å². The maximum absolute atomic E-state index is 12.3. The van der Waals surface area contributed by atoms with E-state index >= 15 is 0 Å². The Kier molecular flexibility index (Phi) is 4.11. The second-order valence-corrected chi connectivity index (χ2v) is 7.73. The predicted molar refractivity (Wildman–Crippen MR) is 79.7 cm³/mol. The van der Waals surface area contributed by atoms with Gasteiger partial charge in [-0.15, -0.1) is 0 Å². The van der Waals surface area contributed by atoms with Crippen molar-refractivity contribution in [3.8, 4) is 0 Å². The Morgan fingerprint density at radius 1 is 1.17 bits per heavy atom. The summed E-state index contributed by atoms with van der Waals surface area (Å²) in [4.78, 5) is 14.3. The Balaban J connectivity index is 2.05. The van der Waals surface area contributed by atoms with Gasteiger partial charge in [0, 0.05) is 48.0 Å². The first-order valence-electron chi connectivity index (χ1n) is 6.74. The molecule has 0 bridgehead atoms. The average molecular weight is 366 g/mol. The van der Waals surface area contributed by atoms with Crippen LogP contribution >= 0.6 is 22.9 Å². The molecule has 2 heterocycles. The van der Waals surface area contributed by atoms with Gasteiger partial charge in [-0.25, -0.2) is 7.91 Å². The standard InChI is InChI=1S/C13H23IN2O2/c1-12(2,3)18-11(17)16-8-4-5-13(16)6-9-15(14)10-7-13/h4-10H2,1-3H3. The van der Waals surface area contributed by atoms with Gasteiger partial charge in [0.15, 0.2) is 0 Å². The minimum atomic E-state index is -0.398. The fraction of sp³-hybridized carbons (Fsp3) is 0.923. The number of carbonyl (C=O) groups excluding carboxylic acids is 1. The lowest BCUT2D eigenvalue weighted by Gasteiger charge is -2.43. The van der Waals surface area contributed by atoms with Crippen molar-refractivity contribution < 1.29 is 9.53 Å². The molecule has 2 fully saturated rings. The lowest BCUT2D eigenvalue weighted by molar-refractivity contribution is -0.000521. The van der Waals surface area contributed by atoms with Gasteiger partial charge in [0.2, 0.25) is 0 Å². The lowest BCUT2D eigenvalue weighted by Crippen LogP contribution is -2.53. The minimum Gasteiger partial charge on any atom is -0.444 e. The Hall–Kier alpha value is -0.0400. The second kappa shape index (κ2) is 5.15. The number of amides is 1. The molecular formula is C13H23IN2O2. The molecule has 18 heavy (non-hydrogen) atoms. The summed E-state index contributed by atoms with van der Waals surface area (Å²) in [6, 6.07) is 0. The SMILES string of the molecule is CC(C)(C)OC(=O)N1CCCC12CCN(I)CC2. The van der Waals surface area contributed by atoms with Gasteiger partial charge >= 0.3 is 6.09 Å². The molecule has 0 N–H and O–H groups in total. The Morgan fingerprint density at radius 2 is 1.78 bits per heavy atom. The number of ether oxygens (including phenoxy) is 1. The minimum absolute atomic E-state index is 0.0734. The van der Waals surface area contributed by atoms with Gasteiger partial charge in [-0.3, -0.25) is 0 Å². The predicted octanol–water partition coefficient (Wildman–Crippen LogP) is 3.20. The zero-order chi connectivity index (χ0) is 13.4. The van der Waals surface area contributed by atoms with Crippen LogP contribution in [0.15, 0.2) is 0 Å². The van der Waals surface area contributed by atoms with E-state index < -0.39 is 5.60 Å². The number of likely N-dealkylation sites (tertiary alicyclic amines) is 1. The second-order valence-electron chi connectivity index (χ2n) is 6.37. The number of carbonyl (C=O) groups is 1. The molecule has 2 rings (SSSR count). The van der Waals surface area contributed by atoms with E-state index in [9.17, 15) is 4.79 Å². The molecule has 4 nitrogen and oxygen atoms in total. The van der Waals surface area contributed by atoms with Crippen LogP contribution in [-0.4, -0.2) is 44.9 Å². The van der Waals surface area contributed by atoms with Crippen LogP contribution < -0.4 is 0 Å². The number of rotatable bonds is 0. The maximum Gasteiger partial charge on any atom is 0.410 e. The van der Waals surface area contributed by atoms with Crippen LogP contribution in [0, 0.1) is 0 Å². The van der Waals surface area contributed by atoms with E-state index in [1.165, 1.54) is 0 Å². The zero-order valence-electron chi connectivity index (χ0n) is 11.5. The van der Waals surface area contributed by atoms with E-state index in [-0.39, 0.29) is 11.6 Å². The highest BCUT2D eigenvalue weighted by Crippen LogP contribution is 2.39. The van der Waals surface area contributed by atoms with Crippen molar-refractivity contribution in [2.45, 2.75) is 57.6 Å². The summed E-state index contributed by atoms with van der Waals surface area (Å²) >= 11 is 2.37. The summed E-state index contributed by atoms with van der Waals surface area (Å²) in [5.41, 5.74) is -0.325. The van der Waals surface area contributed by atoms with Gasteiger partial charge < -0.3 is 9.64 Å². The summed E-state index contributed by atoms with van der Waals surface area (Å²) < 4.78 is 7.86. The third-order valence-corrected chi connectivity index (χ3v) is 4.81. The number of nitrogens with zero attached hydrogens (tertiary/aromatic N) is 2. The van der Waals surface area contributed by atoms with Crippen molar-refractivity contribution in [2.24, 2.45) is 0 Å². The highest BCUT2D eigenvalue weighted by molar-refractivity contribution is 14.1. The van der Waals surface area contributed by atoms with Crippen LogP contribution in [0.3, 0.4) is 0 Å². The van der Waals surface area contributed by atoms with Gasteiger partial charge in [-0.2, -0.15) is 0 Å². The Morgan fingerprint density at radius 3 is 2.33 bits per heavy atom. The number of piperidine rings is 1. The first-order valence-corrected chi connectivity index (χ1v) is 7.70. The van der Waals surface area contributed by atoms with Crippen molar-refractivity contribution in [1.82, 2.24) is 8.01 Å². The van der Waals surface area contributed by atoms with Gasteiger partial charge in [-0.1, -0.05) is 0 Å². The van der Waals surface area contributed by atoms with Crippen LogP contribution in [0.5, 0.6) is 0 Å². The average Bonchev–Trinajstić information content (AvgIpc) is 2.64. The molecule has 2 saturated heterocycles. The monoisotopic (exact) mass is 366 g/mol. The molecule has 0 aliphatic carbocycles. The quantitative estimate of drug-likeness (QED) is 0.488. The number of hydrogen-bond donors (Lipinski definition) is 0. The lowest BCUT2D eigenvalue weighted by atomic mass is 9.86. The van der Waals surface area contributed by atoms with Crippen molar-refractivity contribution in [3.05, 3.63) is 0 Å². The Bertz CT molecular complexity index is 319. The van der Waals surface area contributed by atoms with Crippen LogP contribution in [0.2, 0.25) is 0 Å². The largest absolute Gasteiger partial charge is 0.444 e. The first-order chi connectivity index (χ1) is 8.32. The van der Waals surface area contributed by atoms with Crippen LogP contribution in [0.4, 0.5) is 4.79 Å². The summed E-state index contributed by atoms with van der Waals surface area (Å²) in [7, 11) is 0.